The van der Waals surface area contributed by atoms with E-state index in [0.717, 1.165) is 52.5 Å². The summed E-state index contributed by atoms with van der Waals surface area (Å²) in [6, 6.07) is 24.2. The van der Waals surface area contributed by atoms with E-state index in [2.05, 4.69) is 28.1 Å². The molecule has 3 N–H and O–H groups in total. The van der Waals surface area contributed by atoms with Gasteiger partial charge in [0.15, 0.2) is 0 Å². The Bertz CT molecular complexity index is 1600. The van der Waals surface area contributed by atoms with Gasteiger partial charge in [-0.2, -0.15) is 4.68 Å². The highest BCUT2D eigenvalue weighted by Gasteiger charge is 2.27. The highest BCUT2D eigenvalue weighted by molar-refractivity contribution is 5.89. The molecule has 1 aliphatic heterocycles. The lowest BCUT2D eigenvalue weighted by atomic mass is 9.99. The Morgan fingerprint density at radius 3 is 2.39 bits per heavy atom. The van der Waals surface area contributed by atoms with Crippen molar-refractivity contribution in [3.63, 3.8) is 0 Å². The molecule has 1 saturated heterocycles. The summed E-state index contributed by atoms with van der Waals surface area (Å²) in [5.41, 5.74) is 12.3. The molecule has 8 nitrogen and oxygen atoms in total. The molecule has 1 aliphatic rings. The van der Waals surface area contributed by atoms with Crippen LogP contribution >= 0.6 is 0 Å². The number of pyridine rings is 1. The van der Waals surface area contributed by atoms with Gasteiger partial charge in [0.2, 0.25) is 5.65 Å². The van der Waals surface area contributed by atoms with Crippen molar-refractivity contribution in [3.05, 3.63) is 94.5 Å². The molecule has 0 bridgehead atoms. The van der Waals surface area contributed by atoms with E-state index < -0.39 is 0 Å². The summed E-state index contributed by atoms with van der Waals surface area (Å²) in [5, 5.41) is 4.82. The van der Waals surface area contributed by atoms with Gasteiger partial charge < -0.3 is 4.90 Å². The van der Waals surface area contributed by atoms with E-state index >= 15 is 0 Å². The number of nitrogen functional groups attached to an aromatic ring is 1. The molecule has 0 amide bonds. The van der Waals surface area contributed by atoms with Gasteiger partial charge >= 0.3 is 11.6 Å². The predicted octanol–water partition coefficient (Wildman–Crippen LogP) is 3.38. The zero-order valence-corrected chi connectivity index (χ0v) is 20.2. The molecule has 3 aromatic heterocycles. The van der Waals surface area contributed by atoms with Crippen LogP contribution in [0, 0.1) is 6.92 Å². The molecule has 6 rings (SSSR count). The topological polar surface area (TPSA) is 95.6 Å². The lowest BCUT2D eigenvalue weighted by Crippen LogP contribution is -2.37. The van der Waals surface area contributed by atoms with Crippen molar-refractivity contribution in [1.29, 1.82) is 0 Å². The quantitative estimate of drug-likeness (QED) is 0.404. The molecule has 0 saturated carbocycles. The molecule has 0 spiro atoms. The summed E-state index contributed by atoms with van der Waals surface area (Å²) < 4.78 is 2.99. The molecule has 4 heterocycles. The SMILES string of the molecule is Cc1cc(-c2c(-c3ccccc3)[nH+]c(N)n3c(=O)n(CCc4ccccc4)nc23)cc(N2CCC2)n1. The number of hydrogen-bond acceptors (Lipinski definition) is 5. The Kier molecular flexibility index (Phi) is 5.48. The van der Waals surface area contributed by atoms with Crippen LogP contribution in [0.5, 0.6) is 0 Å². The van der Waals surface area contributed by atoms with Gasteiger partial charge in [-0.05, 0) is 43.0 Å². The Morgan fingerprint density at radius 2 is 1.69 bits per heavy atom. The monoisotopic (exact) mass is 478 g/mol. The number of nitrogens with two attached hydrogens (primary N) is 1. The molecule has 5 aromatic rings. The molecular formula is C28H28N7O+. The van der Waals surface area contributed by atoms with Crippen LogP contribution in [0.1, 0.15) is 17.7 Å². The number of fused-ring (bicyclic) bond motifs is 1. The van der Waals surface area contributed by atoms with Gasteiger partial charge in [-0.3, -0.25) is 5.73 Å². The average molecular weight is 479 g/mol. The molecule has 1 fully saturated rings. The molecule has 0 aliphatic carbocycles. The molecule has 0 radical (unpaired) electrons. The van der Waals surface area contributed by atoms with Gasteiger partial charge in [0, 0.05) is 24.3 Å². The number of hydrogen-bond donors (Lipinski definition) is 1. The van der Waals surface area contributed by atoms with Crippen molar-refractivity contribution in [2.45, 2.75) is 26.3 Å². The van der Waals surface area contributed by atoms with Crippen molar-refractivity contribution in [2.24, 2.45) is 0 Å². The molecule has 2 aromatic carbocycles. The van der Waals surface area contributed by atoms with Crippen molar-refractivity contribution < 1.29 is 4.98 Å². The van der Waals surface area contributed by atoms with E-state index in [1.165, 1.54) is 15.5 Å². The molecule has 0 unspecified atom stereocenters. The van der Waals surface area contributed by atoms with Gasteiger partial charge in [0.1, 0.15) is 11.5 Å². The summed E-state index contributed by atoms with van der Waals surface area (Å²) >= 11 is 0. The first kappa shape index (κ1) is 22.0. The van der Waals surface area contributed by atoms with Gasteiger partial charge in [-0.1, -0.05) is 60.7 Å². The third-order valence-electron chi connectivity index (χ3n) is 6.73. The van der Waals surface area contributed by atoms with Gasteiger partial charge in [0.05, 0.1) is 12.1 Å². The fourth-order valence-electron chi connectivity index (χ4n) is 4.77. The number of nitrogens with zero attached hydrogens (tertiary/aromatic N) is 5. The maximum Gasteiger partial charge on any atom is 0.411 e. The smallest absolute Gasteiger partial charge is 0.356 e. The Hall–Kier alpha value is -4.46. The van der Waals surface area contributed by atoms with Crippen LogP contribution in [0.4, 0.5) is 11.8 Å². The minimum Gasteiger partial charge on any atom is -0.356 e. The van der Waals surface area contributed by atoms with E-state index in [4.69, 9.17) is 15.8 Å². The lowest BCUT2D eigenvalue weighted by Gasteiger charge is -2.32. The van der Waals surface area contributed by atoms with E-state index in [9.17, 15) is 4.79 Å². The summed E-state index contributed by atoms with van der Waals surface area (Å²) in [7, 11) is 0. The molecule has 180 valence electrons. The second kappa shape index (κ2) is 8.96. The van der Waals surface area contributed by atoms with Crippen molar-refractivity contribution >= 4 is 17.4 Å². The highest BCUT2D eigenvalue weighted by atomic mass is 16.2. The maximum absolute atomic E-state index is 13.4. The number of nitrogens with one attached hydrogen (secondary N) is 1. The Labute approximate surface area is 208 Å². The van der Waals surface area contributed by atoms with Crippen molar-refractivity contribution in [1.82, 2.24) is 19.2 Å². The van der Waals surface area contributed by atoms with E-state index in [1.807, 2.05) is 61.5 Å². The number of aryl methyl sites for hydroxylation is 3. The van der Waals surface area contributed by atoms with E-state index in [-0.39, 0.29) is 11.6 Å². The largest absolute Gasteiger partial charge is 0.411 e. The van der Waals surface area contributed by atoms with E-state index in [0.29, 0.717) is 18.6 Å². The van der Waals surface area contributed by atoms with Crippen LogP contribution in [0.3, 0.4) is 0 Å². The number of aromatic nitrogens is 5. The Morgan fingerprint density at radius 1 is 0.972 bits per heavy atom. The maximum atomic E-state index is 13.4. The van der Waals surface area contributed by atoms with Gasteiger partial charge in [0.25, 0.3) is 0 Å². The first-order valence-electron chi connectivity index (χ1n) is 12.3. The second-order valence-corrected chi connectivity index (χ2v) is 9.22. The third-order valence-corrected chi connectivity index (χ3v) is 6.73. The molecule has 8 heteroatoms. The first-order valence-corrected chi connectivity index (χ1v) is 12.3. The number of anilines is 2. The molecule has 0 atom stereocenters. The molecule has 36 heavy (non-hydrogen) atoms. The van der Waals surface area contributed by atoms with E-state index in [1.54, 1.807) is 0 Å². The Balaban J connectivity index is 1.56. The molecular weight excluding hydrogens is 450 g/mol. The predicted molar refractivity (Wildman–Crippen MR) is 141 cm³/mol. The fourth-order valence-corrected chi connectivity index (χ4v) is 4.77. The summed E-state index contributed by atoms with van der Waals surface area (Å²) in [4.78, 5) is 23.8. The minimum atomic E-state index is -0.260. The summed E-state index contributed by atoms with van der Waals surface area (Å²) in [6.45, 7) is 4.45. The fraction of sp³-hybridized carbons (Fsp3) is 0.214. The lowest BCUT2D eigenvalue weighted by molar-refractivity contribution is -0.351. The zero-order chi connectivity index (χ0) is 24.6. The highest BCUT2D eigenvalue weighted by Crippen LogP contribution is 2.34. The van der Waals surface area contributed by atoms with Crippen molar-refractivity contribution in [2.75, 3.05) is 23.7 Å². The number of H-pyrrole nitrogens is 1. The number of aromatic amines is 1. The zero-order valence-electron chi connectivity index (χ0n) is 20.2. The first-order chi connectivity index (χ1) is 17.6. The van der Waals surface area contributed by atoms with Crippen molar-refractivity contribution in [3.8, 4) is 22.4 Å². The van der Waals surface area contributed by atoms with Crippen LogP contribution in [0.25, 0.3) is 28.0 Å². The standard InChI is InChI=1S/C28H27N7O/c1-19-17-22(18-23(30-19)33-14-8-15-33)24-25(21-11-6-3-7-12-21)31-27(29)35-26(24)32-34(28(35)36)16-13-20-9-4-2-5-10-20/h2-7,9-12,17-18H,8,13-16H2,1H3,(H2,29,31)/p+1. The number of benzene rings is 2. The van der Waals surface area contributed by atoms with Crippen LogP contribution in [0.15, 0.2) is 77.6 Å². The van der Waals surface area contributed by atoms with Crippen LogP contribution in [-0.2, 0) is 13.0 Å². The third kappa shape index (κ3) is 3.90. The van der Waals surface area contributed by atoms with Crippen LogP contribution < -0.4 is 21.3 Å². The van der Waals surface area contributed by atoms with Crippen LogP contribution in [-0.4, -0.2) is 32.3 Å². The summed E-state index contributed by atoms with van der Waals surface area (Å²) in [6.07, 6.45) is 1.87. The minimum absolute atomic E-state index is 0.248. The van der Waals surface area contributed by atoms with Gasteiger partial charge in [-0.25, -0.2) is 14.8 Å². The average Bonchev–Trinajstić information content (AvgIpc) is 3.19. The normalized spacial score (nSPS) is 13.2. The van der Waals surface area contributed by atoms with Crippen LogP contribution in [0.2, 0.25) is 0 Å². The number of rotatable bonds is 6. The summed E-state index contributed by atoms with van der Waals surface area (Å²) in [5.74, 6) is 1.19. The second-order valence-electron chi connectivity index (χ2n) is 9.22. The van der Waals surface area contributed by atoms with Gasteiger partial charge in [-0.15, -0.1) is 9.50 Å².